The molecule has 1 saturated carbocycles. The Morgan fingerprint density at radius 3 is 2.94 bits per heavy atom. The van der Waals surface area contributed by atoms with Gasteiger partial charge in [-0.15, -0.1) is 0 Å². The predicted octanol–water partition coefficient (Wildman–Crippen LogP) is 2.94. The Kier molecular flexibility index (Phi) is 3.57. The van der Waals surface area contributed by atoms with Gasteiger partial charge in [0.1, 0.15) is 0 Å². The van der Waals surface area contributed by atoms with E-state index in [1.54, 1.807) is 0 Å². The third-order valence-corrected chi connectivity index (χ3v) is 4.20. The van der Waals surface area contributed by atoms with Crippen LogP contribution in [-0.2, 0) is 12.1 Å². The van der Waals surface area contributed by atoms with Gasteiger partial charge in [0.15, 0.2) is 0 Å². The number of hydrogen-bond donors (Lipinski definition) is 1. The zero-order valence-corrected chi connectivity index (χ0v) is 11.2. The molecule has 17 heavy (non-hydrogen) atoms. The Bertz CT molecular complexity index is 372. The largest absolute Gasteiger partial charge is 0.385 e. The van der Waals surface area contributed by atoms with Crippen LogP contribution in [0, 0.1) is 11.8 Å². The molecule has 3 nitrogen and oxygen atoms in total. The van der Waals surface area contributed by atoms with E-state index in [2.05, 4.69) is 25.9 Å². The normalized spacial score (nSPS) is 29.8. The van der Waals surface area contributed by atoms with Crippen LogP contribution in [0.1, 0.15) is 52.0 Å². The number of aryl methyl sites for hydroxylation is 1. The van der Waals surface area contributed by atoms with E-state index in [0.717, 1.165) is 31.4 Å². The molecule has 2 atom stereocenters. The third kappa shape index (κ3) is 2.54. The Morgan fingerprint density at radius 2 is 2.35 bits per heavy atom. The van der Waals surface area contributed by atoms with E-state index in [1.165, 1.54) is 6.42 Å². The molecular formula is C14H24N2O. The highest BCUT2D eigenvalue weighted by molar-refractivity contribution is 5.16. The number of rotatable bonds is 3. The summed E-state index contributed by atoms with van der Waals surface area (Å²) in [6.45, 7) is 7.44. The monoisotopic (exact) mass is 236 g/mol. The van der Waals surface area contributed by atoms with Crippen molar-refractivity contribution in [1.82, 2.24) is 9.78 Å². The Morgan fingerprint density at radius 1 is 1.59 bits per heavy atom. The predicted molar refractivity (Wildman–Crippen MR) is 68.6 cm³/mol. The molecule has 1 aliphatic rings. The van der Waals surface area contributed by atoms with Crippen LogP contribution in [0.5, 0.6) is 0 Å². The Balaban J connectivity index is 2.17. The van der Waals surface area contributed by atoms with Crippen LogP contribution in [0.15, 0.2) is 12.4 Å². The van der Waals surface area contributed by atoms with Crippen LogP contribution in [0.2, 0.25) is 0 Å². The van der Waals surface area contributed by atoms with Crippen molar-refractivity contribution < 1.29 is 5.11 Å². The van der Waals surface area contributed by atoms with Gasteiger partial charge in [-0.1, -0.05) is 13.8 Å². The van der Waals surface area contributed by atoms with E-state index >= 15 is 0 Å². The van der Waals surface area contributed by atoms with Crippen molar-refractivity contribution in [1.29, 1.82) is 0 Å². The van der Waals surface area contributed by atoms with Crippen molar-refractivity contribution in [2.75, 3.05) is 0 Å². The maximum Gasteiger partial charge on any atom is 0.0929 e. The molecule has 0 amide bonds. The fraction of sp³-hybridized carbons (Fsp3) is 0.786. The fourth-order valence-electron chi connectivity index (χ4n) is 2.90. The van der Waals surface area contributed by atoms with E-state index in [1.807, 2.05) is 17.1 Å². The Hall–Kier alpha value is -0.830. The first-order valence-corrected chi connectivity index (χ1v) is 6.80. The average molecular weight is 236 g/mol. The van der Waals surface area contributed by atoms with Gasteiger partial charge in [0.2, 0.25) is 0 Å². The first-order chi connectivity index (χ1) is 8.05. The van der Waals surface area contributed by atoms with E-state index in [0.29, 0.717) is 11.8 Å². The lowest BCUT2D eigenvalue weighted by Gasteiger charge is -2.38. The van der Waals surface area contributed by atoms with Crippen LogP contribution in [0.25, 0.3) is 0 Å². The summed E-state index contributed by atoms with van der Waals surface area (Å²) < 4.78 is 1.90. The molecule has 1 N–H and O–H groups in total. The molecule has 0 saturated heterocycles. The number of aliphatic hydroxyl groups is 1. The molecule has 1 aromatic heterocycles. The van der Waals surface area contributed by atoms with Crippen molar-refractivity contribution in [2.24, 2.45) is 11.8 Å². The van der Waals surface area contributed by atoms with Gasteiger partial charge in [0, 0.05) is 18.3 Å². The van der Waals surface area contributed by atoms with Crippen molar-refractivity contribution in [3.8, 4) is 0 Å². The minimum Gasteiger partial charge on any atom is -0.385 e. The highest BCUT2D eigenvalue weighted by Crippen LogP contribution is 2.42. The van der Waals surface area contributed by atoms with Crippen molar-refractivity contribution in [3.05, 3.63) is 18.0 Å². The number of hydrogen-bond acceptors (Lipinski definition) is 2. The van der Waals surface area contributed by atoms with Gasteiger partial charge in [-0.3, -0.25) is 4.68 Å². The number of nitrogens with zero attached hydrogens (tertiary/aromatic N) is 2. The third-order valence-electron chi connectivity index (χ3n) is 4.20. The quantitative estimate of drug-likeness (QED) is 0.876. The summed E-state index contributed by atoms with van der Waals surface area (Å²) in [4.78, 5) is 0. The van der Waals surface area contributed by atoms with Crippen molar-refractivity contribution >= 4 is 0 Å². The summed E-state index contributed by atoms with van der Waals surface area (Å²) in [6, 6.07) is 0. The topological polar surface area (TPSA) is 38.0 Å². The van der Waals surface area contributed by atoms with Gasteiger partial charge in [-0.2, -0.15) is 5.10 Å². The molecular weight excluding hydrogens is 212 g/mol. The molecule has 1 heterocycles. The summed E-state index contributed by atoms with van der Waals surface area (Å²) in [5, 5.41) is 15.1. The summed E-state index contributed by atoms with van der Waals surface area (Å²) in [7, 11) is 0. The van der Waals surface area contributed by atoms with E-state index in [9.17, 15) is 5.11 Å². The lowest BCUT2D eigenvalue weighted by molar-refractivity contribution is -0.0296. The summed E-state index contributed by atoms with van der Waals surface area (Å²) in [5.74, 6) is 1.29. The molecule has 0 radical (unpaired) electrons. The number of aromatic nitrogens is 2. The molecule has 96 valence electrons. The minimum atomic E-state index is -0.638. The maximum atomic E-state index is 10.8. The zero-order valence-electron chi connectivity index (χ0n) is 11.2. The Labute approximate surface area is 104 Å². The molecule has 0 spiro atoms. The molecule has 1 aliphatic carbocycles. The van der Waals surface area contributed by atoms with Gasteiger partial charge >= 0.3 is 0 Å². The summed E-state index contributed by atoms with van der Waals surface area (Å²) in [6.07, 6.45) is 7.99. The van der Waals surface area contributed by atoms with Crippen molar-refractivity contribution in [2.45, 2.75) is 58.6 Å². The first-order valence-electron chi connectivity index (χ1n) is 6.80. The van der Waals surface area contributed by atoms with Gasteiger partial charge in [0.05, 0.1) is 11.8 Å². The van der Waals surface area contributed by atoms with E-state index < -0.39 is 5.60 Å². The average Bonchev–Trinajstić information content (AvgIpc) is 2.78. The molecule has 0 aromatic carbocycles. The second kappa shape index (κ2) is 4.81. The lowest BCUT2D eigenvalue weighted by atomic mass is 9.71. The van der Waals surface area contributed by atoms with E-state index in [-0.39, 0.29) is 0 Å². The highest BCUT2D eigenvalue weighted by atomic mass is 16.3. The standard InChI is InChI=1S/C14H24N2O/c1-4-16-10-13(9-15-16)14(17)7-5-6-12(8-14)11(2)3/h9-12,17H,4-8H2,1-3H3. The SMILES string of the molecule is CCn1cc(C2(O)CCCC(C(C)C)C2)cn1. The molecule has 0 aliphatic heterocycles. The molecule has 3 heteroatoms. The first kappa shape index (κ1) is 12.6. The molecule has 1 aromatic rings. The summed E-state index contributed by atoms with van der Waals surface area (Å²) >= 11 is 0. The van der Waals surface area contributed by atoms with Crippen LogP contribution < -0.4 is 0 Å². The maximum absolute atomic E-state index is 10.8. The van der Waals surface area contributed by atoms with Crippen LogP contribution in [0.3, 0.4) is 0 Å². The van der Waals surface area contributed by atoms with Gasteiger partial charge < -0.3 is 5.11 Å². The highest BCUT2D eigenvalue weighted by Gasteiger charge is 2.37. The second-order valence-corrected chi connectivity index (χ2v) is 5.72. The van der Waals surface area contributed by atoms with E-state index in [4.69, 9.17) is 0 Å². The second-order valence-electron chi connectivity index (χ2n) is 5.72. The van der Waals surface area contributed by atoms with Crippen LogP contribution in [0.4, 0.5) is 0 Å². The molecule has 1 fully saturated rings. The van der Waals surface area contributed by atoms with Gasteiger partial charge in [0.25, 0.3) is 0 Å². The molecule has 0 bridgehead atoms. The summed E-state index contributed by atoms with van der Waals surface area (Å²) in [5.41, 5.74) is 0.366. The lowest BCUT2D eigenvalue weighted by Crippen LogP contribution is -2.34. The molecule has 2 unspecified atom stereocenters. The van der Waals surface area contributed by atoms with Gasteiger partial charge in [-0.25, -0.2) is 0 Å². The van der Waals surface area contributed by atoms with Crippen LogP contribution >= 0.6 is 0 Å². The molecule has 2 rings (SSSR count). The fourth-order valence-corrected chi connectivity index (χ4v) is 2.90. The minimum absolute atomic E-state index is 0.638. The van der Waals surface area contributed by atoms with Crippen molar-refractivity contribution in [3.63, 3.8) is 0 Å². The van der Waals surface area contributed by atoms with Crippen LogP contribution in [-0.4, -0.2) is 14.9 Å². The zero-order chi connectivity index (χ0) is 12.5. The smallest absolute Gasteiger partial charge is 0.0929 e. The van der Waals surface area contributed by atoms with Gasteiger partial charge in [-0.05, 0) is 44.4 Å².